The zero-order valence-corrected chi connectivity index (χ0v) is 25.6. The van der Waals surface area contributed by atoms with Gasteiger partial charge in [-0.3, -0.25) is 9.79 Å². The number of likely N-dealkylation sites (tertiary alicyclic amines) is 1. The number of carbonyl (C=O) groups excluding carboxylic acids is 1. The maximum Gasteiger partial charge on any atom is 0.410 e. The number of carbonyl (C=O) groups is 2. The fraction of sp³-hybridized carbons (Fsp3) is 0.500. The van der Waals surface area contributed by atoms with Gasteiger partial charge in [0.2, 0.25) is 0 Å². The number of carboxylic acid groups (broad SMARTS) is 1. The molecule has 1 amide bonds. The van der Waals surface area contributed by atoms with E-state index in [1.165, 1.54) is 18.5 Å². The first-order valence-corrected chi connectivity index (χ1v) is 14.3. The molecule has 2 aromatic rings. The number of benzene rings is 1. The number of methoxy groups -OCH3 is 1. The Bertz CT molecular complexity index is 1480. The molecule has 1 atom stereocenters. The highest BCUT2D eigenvalue weighted by Gasteiger charge is 2.34. The maximum absolute atomic E-state index is 12.7. The molecule has 0 saturated carbocycles. The van der Waals surface area contributed by atoms with Crippen LogP contribution in [0.3, 0.4) is 0 Å². The Hall–Kier alpha value is -4.08. The van der Waals surface area contributed by atoms with Gasteiger partial charge < -0.3 is 29.8 Å². The maximum atomic E-state index is 12.7. The van der Waals surface area contributed by atoms with Crippen molar-refractivity contribution < 1.29 is 24.2 Å². The van der Waals surface area contributed by atoms with Crippen LogP contribution in [-0.4, -0.2) is 64.7 Å². The van der Waals surface area contributed by atoms with Crippen molar-refractivity contribution in [2.24, 2.45) is 16.1 Å². The number of aromatic nitrogens is 1. The molecule has 1 saturated heterocycles. The molecular formula is C32H42N4O6. The molecule has 0 aliphatic carbocycles. The lowest BCUT2D eigenvalue weighted by atomic mass is 9.78. The summed E-state index contributed by atoms with van der Waals surface area (Å²) in [5.41, 5.74) is 8.50. The summed E-state index contributed by atoms with van der Waals surface area (Å²) in [6.45, 7) is 13.0. The lowest BCUT2D eigenvalue weighted by Gasteiger charge is -2.39. The number of pyridine rings is 1. The van der Waals surface area contributed by atoms with Crippen molar-refractivity contribution in [3.63, 3.8) is 0 Å². The fourth-order valence-corrected chi connectivity index (χ4v) is 5.55. The number of carboxylic acids is 1. The van der Waals surface area contributed by atoms with Gasteiger partial charge in [-0.25, -0.2) is 9.59 Å². The second kappa shape index (κ2) is 11.7. The van der Waals surface area contributed by atoms with Gasteiger partial charge in [-0.05, 0) is 63.1 Å². The van der Waals surface area contributed by atoms with Crippen LogP contribution in [0.1, 0.15) is 81.9 Å². The molecule has 1 unspecified atom stereocenters. The molecule has 4 rings (SSSR count). The van der Waals surface area contributed by atoms with Crippen LogP contribution in [-0.2, 0) is 11.2 Å². The van der Waals surface area contributed by atoms with Crippen molar-refractivity contribution >= 4 is 23.9 Å². The molecule has 1 fully saturated rings. The van der Waals surface area contributed by atoms with Crippen LogP contribution in [0, 0.1) is 5.41 Å². The Morgan fingerprint density at radius 2 is 1.74 bits per heavy atom. The average molecular weight is 579 g/mol. The Labute approximate surface area is 246 Å². The number of piperidine rings is 1. The van der Waals surface area contributed by atoms with Gasteiger partial charge in [-0.15, -0.1) is 0 Å². The predicted octanol–water partition coefficient (Wildman–Crippen LogP) is 5.14. The summed E-state index contributed by atoms with van der Waals surface area (Å²) < 4.78 is 13.2. The van der Waals surface area contributed by atoms with Gasteiger partial charge in [0.25, 0.3) is 0 Å². The van der Waals surface area contributed by atoms with E-state index in [-0.39, 0.29) is 29.2 Å². The van der Waals surface area contributed by atoms with E-state index >= 15 is 0 Å². The number of rotatable bonds is 5. The Morgan fingerprint density at radius 1 is 1.07 bits per heavy atom. The standard InChI is InChI=1S/C32H42N4O6/c1-31(2,3)28-13-19-12-23(27(41-7)14-22(19)25-15-26(37)24(29(38)39)18-36(25)28)20(16-33)17-34-21-8-10-35(11-9-21)30(40)42-32(4,5)6/h12,14-18,21,28H,8-11,13,33H2,1-7H3,(H,38,39)/b20-16+,34-17?. The van der Waals surface area contributed by atoms with E-state index in [2.05, 4.69) is 20.8 Å². The van der Waals surface area contributed by atoms with E-state index in [1.54, 1.807) is 18.2 Å². The minimum atomic E-state index is -1.24. The van der Waals surface area contributed by atoms with E-state index in [0.29, 0.717) is 49.4 Å². The summed E-state index contributed by atoms with van der Waals surface area (Å²) in [5.74, 6) is -0.679. The second-order valence-electron chi connectivity index (χ2n) is 13.0. The third-order valence-electron chi connectivity index (χ3n) is 7.79. The minimum Gasteiger partial charge on any atom is -0.496 e. The van der Waals surface area contributed by atoms with Gasteiger partial charge in [0, 0.05) is 60.5 Å². The monoisotopic (exact) mass is 578 g/mol. The van der Waals surface area contributed by atoms with Gasteiger partial charge in [0.1, 0.15) is 16.9 Å². The summed E-state index contributed by atoms with van der Waals surface area (Å²) in [6.07, 6.45) is 6.49. The number of allylic oxidation sites excluding steroid dienone is 1. The molecule has 10 nitrogen and oxygen atoms in total. The molecule has 0 spiro atoms. The van der Waals surface area contributed by atoms with Crippen LogP contribution in [0.15, 0.2) is 40.4 Å². The summed E-state index contributed by atoms with van der Waals surface area (Å²) in [4.78, 5) is 43.4. The summed E-state index contributed by atoms with van der Waals surface area (Å²) in [7, 11) is 1.57. The van der Waals surface area contributed by atoms with Crippen molar-refractivity contribution in [3.8, 4) is 17.0 Å². The number of ether oxygens (including phenoxy) is 2. The van der Waals surface area contributed by atoms with E-state index in [9.17, 15) is 19.5 Å². The predicted molar refractivity (Wildman–Crippen MR) is 163 cm³/mol. The molecule has 2 aliphatic rings. The molecule has 2 aliphatic heterocycles. The number of hydrogen-bond acceptors (Lipinski definition) is 7. The lowest BCUT2D eigenvalue weighted by Crippen LogP contribution is -2.42. The SMILES string of the molecule is COc1cc2c(cc1/C(C=NC1CCN(C(=O)OC(C)(C)C)CC1)=C/N)CC(C(C)(C)C)n1cc(C(=O)O)c(=O)cc1-2. The second-order valence-corrected chi connectivity index (χ2v) is 13.0. The number of fused-ring (bicyclic) bond motifs is 3. The quantitative estimate of drug-likeness (QED) is 0.469. The zero-order valence-electron chi connectivity index (χ0n) is 25.6. The first kappa shape index (κ1) is 30.9. The number of aromatic carboxylic acids is 1. The van der Waals surface area contributed by atoms with Crippen LogP contribution >= 0.6 is 0 Å². The number of aliphatic imine (C=N–C) groups is 1. The van der Waals surface area contributed by atoms with Gasteiger partial charge in [0.05, 0.1) is 18.8 Å². The number of hydrogen-bond donors (Lipinski definition) is 2. The fourth-order valence-electron chi connectivity index (χ4n) is 5.55. The normalized spacial score (nSPS) is 18.0. The lowest BCUT2D eigenvalue weighted by molar-refractivity contribution is 0.0207. The molecule has 1 aromatic carbocycles. The van der Waals surface area contributed by atoms with E-state index in [4.69, 9.17) is 20.2 Å². The molecule has 3 N–H and O–H groups in total. The van der Waals surface area contributed by atoms with Crippen LogP contribution in [0.5, 0.6) is 5.75 Å². The minimum absolute atomic E-state index is 0.0368. The highest BCUT2D eigenvalue weighted by molar-refractivity contribution is 6.11. The Kier molecular flexibility index (Phi) is 8.57. The topological polar surface area (TPSA) is 136 Å². The van der Waals surface area contributed by atoms with Gasteiger partial charge in [0.15, 0.2) is 5.43 Å². The highest BCUT2D eigenvalue weighted by atomic mass is 16.6. The summed E-state index contributed by atoms with van der Waals surface area (Å²) in [5, 5.41) is 9.59. The average Bonchev–Trinajstić information content (AvgIpc) is 2.90. The van der Waals surface area contributed by atoms with Crippen molar-refractivity contribution in [2.45, 2.75) is 78.5 Å². The van der Waals surface area contributed by atoms with Crippen LogP contribution in [0.25, 0.3) is 16.8 Å². The molecule has 10 heteroatoms. The first-order valence-electron chi connectivity index (χ1n) is 14.3. The number of nitrogens with two attached hydrogens (primary N) is 1. The summed E-state index contributed by atoms with van der Waals surface area (Å²) >= 11 is 0. The largest absolute Gasteiger partial charge is 0.496 e. The molecule has 226 valence electrons. The highest BCUT2D eigenvalue weighted by Crippen LogP contribution is 2.45. The Morgan fingerprint density at radius 3 is 2.29 bits per heavy atom. The van der Waals surface area contributed by atoms with Crippen molar-refractivity contribution in [1.82, 2.24) is 9.47 Å². The Balaban J connectivity index is 1.64. The van der Waals surface area contributed by atoms with Gasteiger partial charge in [-0.2, -0.15) is 0 Å². The first-order chi connectivity index (χ1) is 19.6. The van der Waals surface area contributed by atoms with Crippen LogP contribution in [0.2, 0.25) is 0 Å². The third-order valence-corrected chi connectivity index (χ3v) is 7.79. The van der Waals surface area contributed by atoms with Crippen LogP contribution < -0.4 is 15.9 Å². The van der Waals surface area contributed by atoms with Crippen molar-refractivity contribution in [3.05, 3.63) is 57.5 Å². The molecular weight excluding hydrogens is 536 g/mol. The number of amides is 1. The number of nitrogens with zero attached hydrogens (tertiary/aromatic N) is 3. The zero-order chi connectivity index (χ0) is 31.0. The van der Waals surface area contributed by atoms with Crippen molar-refractivity contribution in [2.75, 3.05) is 20.2 Å². The van der Waals surface area contributed by atoms with Crippen molar-refractivity contribution in [1.29, 1.82) is 0 Å². The third kappa shape index (κ3) is 6.53. The van der Waals surface area contributed by atoms with Gasteiger partial charge in [-0.1, -0.05) is 20.8 Å². The van der Waals surface area contributed by atoms with Crippen LogP contribution in [0.4, 0.5) is 4.79 Å². The molecule has 0 bridgehead atoms. The molecule has 1 aromatic heterocycles. The molecule has 0 radical (unpaired) electrons. The van der Waals surface area contributed by atoms with E-state index in [0.717, 1.165) is 16.7 Å². The molecule has 3 heterocycles. The van der Waals surface area contributed by atoms with E-state index < -0.39 is 17.0 Å². The van der Waals surface area contributed by atoms with Gasteiger partial charge >= 0.3 is 12.1 Å². The van der Waals surface area contributed by atoms with E-state index in [1.807, 2.05) is 37.5 Å². The molecule has 42 heavy (non-hydrogen) atoms. The summed E-state index contributed by atoms with van der Waals surface area (Å²) in [6, 6.07) is 5.27. The smallest absolute Gasteiger partial charge is 0.410 e.